The first-order valence-corrected chi connectivity index (χ1v) is 9.75. The molecule has 1 heterocycles. The van der Waals surface area contributed by atoms with Gasteiger partial charge in [-0.3, -0.25) is 4.79 Å². The molecule has 29 heavy (non-hydrogen) atoms. The molecule has 2 aromatic carbocycles. The lowest BCUT2D eigenvalue weighted by Crippen LogP contribution is -2.22. The number of halogens is 1. The monoisotopic (exact) mass is 406 g/mol. The molecule has 0 unspecified atom stereocenters. The Bertz CT molecular complexity index is 1150. The number of hydrogen-bond acceptors (Lipinski definition) is 4. The molecule has 0 atom stereocenters. The number of ether oxygens (including phenoxy) is 1. The van der Waals surface area contributed by atoms with Gasteiger partial charge in [-0.1, -0.05) is 48.0 Å². The number of pyridine rings is 1. The van der Waals surface area contributed by atoms with Crippen molar-refractivity contribution in [1.82, 2.24) is 4.98 Å². The highest BCUT2D eigenvalue weighted by Crippen LogP contribution is 2.37. The van der Waals surface area contributed by atoms with Gasteiger partial charge in [0.25, 0.3) is 5.91 Å². The zero-order valence-electron chi connectivity index (χ0n) is 15.7. The third-order valence-electron chi connectivity index (χ3n) is 4.95. The number of carbonyl (C=O) groups excluding carboxylic acids is 2. The predicted molar refractivity (Wildman–Crippen MR) is 113 cm³/mol. The highest BCUT2D eigenvalue weighted by molar-refractivity contribution is 6.32. The number of carbonyl (C=O) groups is 2. The molecule has 3 aromatic rings. The van der Waals surface area contributed by atoms with Gasteiger partial charge in [0.15, 0.2) is 6.61 Å². The van der Waals surface area contributed by atoms with Crippen LogP contribution in [-0.4, -0.2) is 23.5 Å². The average molecular weight is 407 g/mol. The number of amides is 1. The van der Waals surface area contributed by atoms with E-state index in [0.717, 1.165) is 35.2 Å². The summed E-state index contributed by atoms with van der Waals surface area (Å²) in [5.41, 5.74) is 9.84. The topological polar surface area (TPSA) is 82.3 Å². The standard InChI is InChI=1S/C23H19ClN2O3/c24-18-10-3-1-6-14(18)12-15-7-5-9-17-21(23(28)29-13-20(25)27)16-8-2-4-11-19(16)26-22(15)17/h1-4,6,8,10-12H,5,7,9,13H2,(H2,25,27). The SMILES string of the molecule is NC(=O)COC(=O)c1c2c(nc3ccccc13)C(=Cc1ccccc1Cl)CCC2. The van der Waals surface area contributed by atoms with Crippen molar-refractivity contribution in [3.05, 3.63) is 75.9 Å². The van der Waals surface area contributed by atoms with E-state index in [1.807, 2.05) is 54.6 Å². The van der Waals surface area contributed by atoms with Crippen LogP contribution in [0.15, 0.2) is 48.5 Å². The van der Waals surface area contributed by atoms with Crippen LogP contribution < -0.4 is 5.73 Å². The quantitative estimate of drug-likeness (QED) is 0.650. The lowest BCUT2D eigenvalue weighted by Gasteiger charge is -2.22. The number of rotatable bonds is 4. The molecule has 0 spiro atoms. The molecule has 0 fully saturated rings. The summed E-state index contributed by atoms with van der Waals surface area (Å²) in [6, 6.07) is 15.0. The van der Waals surface area contributed by atoms with Gasteiger partial charge in [0.2, 0.25) is 0 Å². The number of benzene rings is 2. The van der Waals surface area contributed by atoms with E-state index in [-0.39, 0.29) is 0 Å². The van der Waals surface area contributed by atoms with Crippen LogP contribution in [0.3, 0.4) is 0 Å². The fraction of sp³-hybridized carbons (Fsp3) is 0.174. The Morgan fingerprint density at radius 3 is 2.66 bits per heavy atom. The van der Waals surface area contributed by atoms with Crippen molar-refractivity contribution >= 4 is 46.0 Å². The number of para-hydroxylation sites is 1. The number of esters is 1. The summed E-state index contributed by atoms with van der Waals surface area (Å²) in [7, 11) is 0. The van der Waals surface area contributed by atoms with E-state index in [9.17, 15) is 9.59 Å². The van der Waals surface area contributed by atoms with Gasteiger partial charge in [0.1, 0.15) is 0 Å². The Morgan fingerprint density at radius 1 is 1.10 bits per heavy atom. The van der Waals surface area contributed by atoms with Gasteiger partial charge in [-0.2, -0.15) is 0 Å². The summed E-state index contributed by atoms with van der Waals surface area (Å²) in [4.78, 5) is 28.8. The number of nitrogens with two attached hydrogens (primary N) is 1. The summed E-state index contributed by atoms with van der Waals surface area (Å²) >= 11 is 6.34. The van der Waals surface area contributed by atoms with Crippen LogP contribution in [0.5, 0.6) is 0 Å². The first kappa shape index (κ1) is 19.2. The van der Waals surface area contributed by atoms with E-state index in [2.05, 4.69) is 0 Å². The van der Waals surface area contributed by atoms with Crippen molar-refractivity contribution in [2.75, 3.05) is 6.61 Å². The van der Waals surface area contributed by atoms with Crippen LogP contribution in [0, 0.1) is 0 Å². The van der Waals surface area contributed by atoms with Crippen LogP contribution in [-0.2, 0) is 16.0 Å². The minimum absolute atomic E-state index is 0.452. The Balaban J connectivity index is 1.90. The van der Waals surface area contributed by atoms with E-state index in [0.29, 0.717) is 27.9 Å². The second-order valence-corrected chi connectivity index (χ2v) is 7.33. The summed E-state index contributed by atoms with van der Waals surface area (Å²) in [6.07, 6.45) is 4.44. The molecule has 0 saturated heterocycles. The van der Waals surface area contributed by atoms with Crippen LogP contribution in [0.2, 0.25) is 5.02 Å². The Hall–Kier alpha value is -3.18. The first-order valence-electron chi connectivity index (χ1n) is 9.37. The number of allylic oxidation sites excluding steroid dienone is 1. The molecule has 6 heteroatoms. The van der Waals surface area contributed by atoms with E-state index in [1.54, 1.807) is 0 Å². The Kier molecular flexibility index (Phi) is 5.32. The Morgan fingerprint density at radius 2 is 1.86 bits per heavy atom. The second kappa shape index (κ2) is 8.05. The smallest absolute Gasteiger partial charge is 0.339 e. The third-order valence-corrected chi connectivity index (χ3v) is 5.30. The molecular weight excluding hydrogens is 388 g/mol. The fourth-order valence-corrected chi connectivity index (χ4v) is 3.89. The van der Waals surface area contributed by atoms with Gasteiger partial charge < -0.3 is 10.5 Å². The molecule has 1 aliphatic rings. The van der Waals surface area contributed by atoms with E-state index >= 15 is 0 Å². The van der Waals surface area contributed by atoms with Crippen LogP contribution in [0.25, 0.3) is 22.6 Å². The molecule has 1 amide bonds. The van der Waals surface area contributed by atoms with Gasteiger partial charge >= 0.3 is 5.97 Å². The van der Waals surface area contributed by atoms with Crippen molar-refractivity contribution in [3.8, 4) is 0 Å². The normalized spacial score (nSPS) is 14.6. The number of aromatic nitrogens is 1. The minimum atomic E-state index is -0.690. The van der Waals surface area contributed by atoms with E-state index in [4.69, 9.17) is 27.1 Å². The first-order chi connectivity index (χ1) is 14.0. The van der Waals surface area contributed by atoms with Gasteiger partial charge in [-0.25, -0.2) is 9.78 Å². The highest BCUT2D eigenvalue weighted by Gasteiger charge is 2.26. The lowest BCUT2D eigenvalue weighted by molar-refractivity contribution is -0.121. The molecule has 5 nitrogen and oxygen atoms in total. The fourth-order valence-electron chi connectivity index (χ4n) is 3.70. The number of primary amides is 1. The second-order valence-electron chi connectivity index (χ2n) is 6.92. The maximum Gasteiger partial charge on any atom is 0.339 e. The van der Waals surface area contributed by atoms with Crippen LogP contribution in [0.1, 0.15) is 40.0 Å². The zero-order valence-corrected chi connectivity index (χ0v) is 16.4. The van der Waals surface area contributed by atoms with Crippen molar-refractivity contribution < 1.29 is 14.3 Å². The zero-order chi connectivity index (χ0) is 20.4. The summed E-state index contributed by atoms with van der Waals surface area (Å²) < 4.78 is 5.15. The van der Waals surface area contributed by atoms with Crippen molar-refractivity contribution in [3.63, 3.8) is 0 Å². The van der Waals surface area contributed by atoms with Crippen LogP contribution >= 0.6 is 11.6 Å². The van der Waals surface area contributed by atoms with Crippen LogP contribution in [0.4, 0.5) is 0 Å². The van der Waals surface area contributed by atoms with E-state index in [1.165, 1.54) is 0 Å². The summed E-state index contributed by atoms with van der Waals surface area (Å²) in [5.74, 6) is -1.25. The van der Waals surface area contributed by atoms with Crippen molar-refractivity contribution in [1.29, 1.82) is 0 Å². The van der Waals surface area contributed by atoms with Gasteiger partial charge in [-0.15, -0.1) is 0 Å². The minimum Gasteiger partial charge on any atom is -0.452 e. The average Bonchev–Trinajstić information content (AvgIpc) is 2.72. The largest absolute Gasteiger partial charge is 0.452 e. The van der Waals surface area contributed by atoms with Crippen molar-refractivity contribution in [2.24, 2.45) is 5.73 Å². The lowest BCUT2D eigenvalue weighted by atomic mass is 9.86. The molecule has 1 aromatic heterocycles. The molecule has 146 valence electrons. The van der Waals surface area contributed by atoms with Crippen molar-refractivity contribution in [2.45, 2.75) is 19.3 Å². The molecule has 0 saturated carbocycles. The maximum absolute atomic E-state index is 12.9. The molecule has 2 N–H and O–H groups in total. The number of fused-ring (bicyclic) bond motifs is 2. The molecule has 0 aliphatic heterocycles. The number of hydrogen-bond donors (Lipinski definition) is 1. The third kappa shape index (κ3) is 3.87. The molecule has 0 bridgehead atoms. The van der Waals surface area contributed by atoms with Gasteiger partial charge in [-0.05, 0) is 54.2 Å². The van der Waals surface area contributed by atoms with Gasteiger partial charge in [0.05, 0.1) is 16.8 Å². The molecule has 1 aliphatic carbocycles. The summed E-state index contributed by atoms with van der Waals surface area (Å²) in [5, 5.41) is 1.37. The molecule has 4 rings (SSSR count). The van der Waals surface area contributed by atoms with Gasteiger partial charge in [0, 0.05) is 10.4 Å². The molecular formula is C23H19ClN2O3. The molecule has 0 radical (unpaired) electrons. The maximum atomic E-state index is 12.9. The Labute approximate surface area is 173 Å². The summed E-state index contributed by atoms with van der Waals surface area (Å²) in [6.45, 7) is -0.452. The van der Waals surface area contributed by atoms with E-state index < -0.39 is 18.5 Å². The highest BCUT2D eigenvalue weighted by atomic mass is 35.5. The number of nitrogens with zero attached hydrogens (tertiary/aromatic N) is 1. The predicted octanol–water partition coefficient (Wildman–Crippen LogP) is 4.41.